The Kier molecular flexibility index (Phi) is 8.41. The maximum absolute atomic E-state index is 12.2. The van der Waals surface area contributed by atoms with Crippen LogP contribution in [0.1, 0.15) is 19.4 Å². The fraction of sp³-hybridized carbons (Fsp3) is 0.273. The molecule has 2 rings (SSSR count). The van der Waals surface area contributed by atoms with Crippen LogP contribution in [0.2, 0.25) is 0 Å². The van der Waals surface area contributed by atoms with E-state index in [0.29, 0.717) is 43.4 Å². The standard InChI is InChI=1S/C22H25N3O3/c1-3-27-20-11-10-19(14-21(20)28-4-2)25-16-18(15-23)22(26)24-13-12-17-8-6-5-7-9-17/h5-11,14,16,25H,3-4,12-13H2,1-2H3,(H,24,26)/b18-16-. The van der Waals surface area contributed by atoms with Gasteiger partial charge in [-0.2, -0.15) is 5.26 Å². The minimum Gasteiger partial charge on any atom is -0.490 e. The molecule has 0 fully saturated rings. The number of nitrogens with one attached hydrogen (secondary N) is 2. The number of benzene rings is 2. The highest BCUT2D eigenvalue weighted by atomic mass is 16.5. The molecule has 2 aromatic rings. The molecule has 0 unspecified atom stereocenters. The van der Waals surface area contributed by atoms with Crippen LogP contribution in [0.25, 0.3) is 0 Å². The Morgan fingerprint density at radius 2 is 1.79 bits per heavy atom. The summed E-state index contributed by atoms with van der Waals surface area (Å²) in [6.07, 6.45) is 2.10. The molecule has 0 aliphatic heterocycles. The number of anilines is 1. The summed E-state index contributed by atoms with van der Waals surface area (Å²) >= 11 is 0. The molecule has 0 bridgehead atoms. The lowest BCUT2D eigenvalue weighted by atomic mass is 10.1. The van der Waals surface area contributed by atoms with Crippen LogP contribution in [0, 0.1) is 11.3 Å². The molecule has 6 nitrogen and oxygen atoms in total. The zero-order chi connectivity index (χ0) is 20.2. The zero-order valence-corrected chi connectivity index (χ0v) is 16.2. The molecule has 0 radical (unpaired) electrons. The number of carbonyl (C=O) groups is 1. The van der Waals surface area contributed by atoms with Gasteiger partial charge < -0.3 is 20.1 Å². The molecule has 2 aromatic carbocycles. The first-order valence-corrected chi connectivity index (χ1v) is 9.26. The van der Waals surface area contributed by atoms with Gasteiger partial charge in [-0.05, 0) is 38.0 Å². The van der Waals surface area contributed by atoms with Crippen molar-refractivity contribution in [1.82, 2.24) is 5.32 Å². The summed E-state index contributed by atoms with van der Waals surface area (Å²) in [5.41, 5.74) is 1.82. The van der Waals surface area contributed by atoms with E-state index in [9.17, 15) is 10.1 Å². The third-order valence-corrected chi connectivity index (χ3v) is 3.83. The van der Waals surface area contributed by atoms with Gasteiger partial charge in [0.05, 0.1) is 13.2 Å². The van der Waals surface area contributed by atoms with Crippen LogP contribution in [-0.4, -0.2) is 25.7 Å². The minimum absolute atomic E-state index is 0.0000868. The van der Waals surface area contributed by atoms with Crippen LogP contribution < -0.4 is 20.1 Å². The topological polar surface area (TPSA) is 83.4 Å². The first-order chi connectivity index (χ1) is 13.7. The Balaban J connectivity index is 1.97. The molecular weight excluding hydrogens is 354 g/mol. The van der Waals surface area contributed by atoms with Gasteiger partial charge in [0.25, 0.3) is 5.91 Å². The van der Waals surface area contributed by atoms with Gasteiger partial charge in [0.15, 0.2) is 11.5 Å². The van der Waals surface area contributed by atoms with Gasteiger partial charge in [-0.25, -0.2) is 0 Å². The van der Waals surface area contributed by atoms with Crippen molar-refractivity contribution in [2.45, 2.75) is 20.3 Å². The summed E-state index contributed by atoms with van der Waals surface area (Å²) in [5, 5.41) is 15.0. The molecule has 0 aromatic heterocycles. The summed E-state index contributed by atoms with van der Waals surface area (Å²) in [5.74, 6) is 0.841. The molecule has 0 atom stereocenters. The van der Waals surface area contributed by atoms with Crippen molar-refractivity contribution >= 4 is 11.6 Å². The molecule has 2 N–H and O–H groups in total. The van der Waals surface area contributed by atoms with Gasteiger partial charge in [0.2, 0.25) is 0 Å². The molecule has 0 aliphatic rings. The highest BCUT2D eigenvalue weighted by molar-refractivity contribution is 5.97. The van der Waals surface area contributed by atoms with Crippen LogP contribution in [-0.2, 0) is 11.2 Å². The summed E-state index contributed by atoms with van der Waals surface area (Å²) in [6.45, 7) is 5.30. The number of hydrogen-bond donors (Lipinski definition) is 2. The van der Waals surface area contributed by atoms with Crippen molar-refractivity contribution in [3.8, 4) is 17.6 Å². The molecule has 146 valence electrons. The number of nitrogens with zero attached hydrogens (tertiary/aromatic N) is 1. The Morgan fingerprint density at radius 3 is 2.46 bits per heavy atom. The number of ether oxygens (including phenoxy) is 2. The van der Waals surface area contributed by atoms with Crippen molar-refractivity contribution in [3.63, 3.8) is 0 Å². The molecule has 0 saturated heterocycles. The average molecular weight is 379 g/mol. The highest BCUT2D eigenvalue weighted by Crippen LogP contribution is 2.30. The number of rotatable bonds is 10. The quantitative estimate of drug-likeness (QED) is 0.486. The van der Waals surface area contributed by atoms with E-state index in [4.69, 9.17) is 9.47 Å². The second-order valence-corrected chi connectivity index (χ2v) is 5.83. The predicted molar refractivity (Wildman–Crippen MR) is 109 cm³/mol. The van der Waals surface area contributed by atoms with Crippen molar-refractivity contribution in [1.29, 1.82) is 5.26 Å². The maximum Gasteiger partial charge on any atom is 0.263 e. The summed E-state index contributed by atoms with van der Waals surface area (Å²) in [6, 6.07) is 17.1. The van der Waals surface area contributed by atoms with E-state index in [1.54, 1.807) is 18.2 Å². The van der Waals surface area contributed by atoms with E-state index in [2.05, 4.69) is 10.6 Å². The molecule has 0 saturated carbocycles. The second-order valence-electron chi connectivity index (χ2n) is 5.83. The molecule has 0 spiro atoms. The van der Waals surface area contributed by atoms with E-state index in [0.717, 1.165) is 5.56 Å². The van der Waals surface area contributed by atoms with E-state index in [1.165, 1.54) is 6.20 Å². The second kappa shape index (κ2) is 11.3. The maximum atomic E-state index is 12.2. The van der Waals surface area contributed by atoms with Gasteiger partial charge in [0.1, 0.15) is 11.6 Å². The van der Waals surface area contributed by atoms with E-state index in [-0.39, 0.29) is 5.57 Å². The molecular formula is C22H25N3O3. The van der Waals surface area contributed by atoms with Gasteiger partial charge in [-0.15, -0.1) is 0 Å². The third kappa shape index (κ3) is 6.36. The molecule has 28 heavy (non-hydrogen) atoms. The first kappa shape index (κ1) is 20.8. The van der Waals surface area contributed by atoms with E-state index in [1.807, 2.05) is 50.2 Å². The molecule has 0 aliphatic carbocycles. The number of carbonyl (C=O) groups excluding carboxylic acids is 1. The minimum atomic E-state index is -0.415. The monoisotopic (exact) mass is 379 g/mol. The van der Waals surface area contributed by atoms with Gasteiger partial charge in [-0.3, -0.25) is 4.79 Å². The van der Waals surface area contributed by atoms with Crippen LogP contribution in [0.5, 0.6) is 11.5 Å². The van der Waals surface area contributed by atoms with Gasteiger partial charge in [0, 0.05) is 24.5 Å². The smallest absolute Gasteiger partial charge is 0.263 e. The summed E-state index contributed by atoms with van der Waals surface area (Å²) in [4.78, 5) is 12.2. The Labute approximate surface area is 165 Å². The zero-order valence-electron chi connectivity index (χ0n) is 16.2. The summed E-state index contributed by atoms with van der Waals surface area (Å²) < 4.78 is 11.1. The van der Waals surface area contributed by atoms with Crippen molar-refractivity contribution in [3.05, 3.63) is 65.9 Å². The van der Waals surface area contributed by atoms with E-state index < -0.39 is 5.91 Å². The van der Waals surface area contributed by atoms with Gasteiger partial charge in [-0.1, -0.05) is 30.3 Å². The van der Waals surface area contributed by atoms with Crippen molar-refractivity contribution in [2.24, 2.45) is 0 Å². The normalized spacial score (nSPS) is 10.7. The van der Waals surface area contributed by atoms with Crippen LogP contribution in [0.3, 0.4) is 0 Å². The Morgan fingerprint density at radius 1 is 1.07 bits per heavy atom. The largest absolute Gasteiger partial charge is 0.490 e. The molecule has 1 amide bonds. The lowest BCUT2D eigenvalue weighted by Crippen LogP contribution is -2.27. The third-order valence-electron chi connectivity index (χ3n) is 3.83. The van der Waals surface area contributed by atoms with E-state index >= 15 is 0 Å². The fourth-order valence-corrected chi connectivity index (χ4v) is 2.51. The summed E-state index contributed by atoms with van der Waals surface area (Å²) in [7, 11) is 0. The predicted octanol–water partition coefficient (Wildman–Crippen LogP) is 3.66. The SMILES string of the molecule is CCOc1ccc(N/C=C(/C#N)C(=O)NCCc2ccccc2)cc1OCC. The first-order valence-electron chi connectivity index (χ1n) is 9.26. The van der Waals surface area contributed by atoms with Crippen molar-refractivity contribution in [2.75, 3.05) is 25.1 Å². The number of nitriles is 1. The number of hydrogen-bond acceptors (Lipinski definition) is 5. The Bertz CT molecular complexity index is 842. The lowest BCUT2D eigenvalue weighted by Gasteiger charge is -2.12. The van der Waals surface area contributed by atoms with Crippen LogP contribution >= 0.6 is 0 Å². The molecule has 0 heterocycles. The highest BCUT2D eigenvalue weighted by Gasteiger charge is 2.09. The van der Waals surface area contributed by atoms with Gasteiger partial charge >= 0.3 is 0 Å². The van der Waals surface area contributed by atoms with Crippen molar-refractivity contribution < 1.29 is 14.3 Å². The molecule has 6 heteroatoms. The fourth-order valence-electron chi connectivity index (χ4n) is 2.51. The van der Waals surface area contributed by atoms with Crippen LogP contribution in [0.15, 0.2) is 60.3 Å². The van der Waals surface area contributed by atoms with Crippen LogP contribution in [0.4, 0.5) is 5.69 Å². The lowest BCUT2D eigenvalue weighted by molar-refractivity contribution is -0.117. The Hall–Kier alpha value is -3.46. The average Bonchev–Trinajstić information content (AvgIpc) is 2.71. The number of amides is 1.